The largest absolute Gasteiger partial charge is 0.481 e. The molecule has 0 saturated carbocycles. The number of aromatic nitrogens is 1. The molecule has 1 aliphatic carbocycles. The lowest BCUT2D eigenvalue weighted by atomic mass is 9.88. The van der Waals surface area contributed by atoms with Crippen LogP contribution in [0, 0.1) is 0 Å². The summed E-state index contributed by atoms with van der Waals surface area (Å²) < 4.78 is 5.71. The van der Waals surface area contributed by atoms with Crippen LogP contribution in [-0.2, 0) is 24.2 Å². The maximum atomic E-state index is 11.7. The summed E-state index contributed by atoms with van der Waals surface area (Å²) in [6.45, 7) is 2.39. The van der Waals surface area contributed by atoms with Gasteiger partial charge < -0.3 is 15.8 Å². The Morgan fingerprint density at radius 1 is 0.952 bits per heavy atom. The van der Waals surface area contributed by atoms with Gasteiger partial charge in [-0.1, -0.05) is 83.9 Å². The van der Waals surface area contributed by atoms with E-state index in [1.54, 1.807) is 7.11 Å². The van der Waals surface area contributed by atoms with Crippen molar-refractivity contribution in [3.05, 3.63) is 93.5 Å². The van der Waals surface area contributed by atoms with Gasteiger partial charge in [0.15, 0.2) is 0 Å². The smallest absolute Gasteiger partial charge is 0.220 e. The Morgan fingerprint density at radius 3 is 2.36 bits per heavy atom. The van der Waals surface area contributed by atoms with Crippen LogP contribution < -0.4 is 15.8 Å². The second-order valence-corrected chi connectivity index (χ2v) is 12.6. The third kappa shape index (κ3) is 4.86. The number of likely N-dealkylation sites (tertiary alicyclic amines) is 1. The molecule has 3 aliphatic rings. The molecule has 214 valence electrons. The van der Waals surface area contributed by atoms with E-state index in [4.69, 9.17) is 38.7 Å². The number of nitrogens with zero attached hydrogens (tertiary/aromatic N) is 2. The lowest BCUT2D eigenvalue weighted by Gasteiger charge is -2.48. The van der Waals surface area contributed by atoms with Crippen molar-refractivity contribution in [3.63, 3.8) is 0 Å². The lowest BCUT2D eigenvalue weighted by molar-refractivity contribution is -0.120. The molecule has 2 aliphatic heterocycles. The number of nitrogens with one attached hydrogen (secondary N) is 1. The van der Waals surface area contributed by atoms with Crippen molar-refractivity contribution in [2.24, 2.45) is 5.73 Å². The van der Waals surface area contributed by atoms with Gasteiger partial charge in [0, 0.05) is 59.9 Å². The summed E-state index contributed by atoms with van der Waals surface area (Å²) in [6, 6.07) is 22.7. The molecule has 1 aromatic heterocycles. The highest BCUT2D eigenvalue weighted by atomic mass is 35.5. The van der Waals surface area contributed by atoms with Gasteiger partial charge in [-0.05, 0) is 42.0 Å². The average Bonchev–Trinajstić information content (AvgIpc) is 3.54. The number of hydrogen-bond donors (Lipinski definition) is 2. The molecule has 6 nitrogen and oxygen atoms in total. The Hall–Kier alpha value is -3.42. The first kappa shape index (κ1) is 27.4. The number of hydrogen-bond acceptors (Lipinski definition) is 5. The van der Waals surface area contributed by atoms with Crippen LogP contribution in [0.2, 0.25) is 10.0 Å². The fourth-order valence-electron chi connectivity index (χ4n) is 6.81. The van der Waals surface area contributed by atoms with Crippen LogP contribution in [0.25, 0.3) is 33.5 Å². The minimum absolute atomic E-state index is 0.0572. The van der Waals surface area contributed by atoms with Gasteiger partial charge in [0.05, 0.1) is 28.4 Å². The number of ether oxygens (including phenoxy) is 1. The summed E-state index contributed by atoms with van der Waals surface area (Å²) in [6.07, 6.45) is 3.33. The molecule has 8 heteroatoms. The molecule has 7 rings (SSSR count). The van der Waals surface area contributed by atoms with Crippen molar-refractivity contribution >= 4 is 29.1 Å². The highest BCUT2D eigenvalue weighted by Crippen LogP contribution is 2.43. The lowest BCUT2D eigenvalue weighted by Crippen LogP contribution is -2.66. The topological polar surface area (TPSA) is 80.5 Å². The third-order valence-electron chi connectivity index (χ3n) is 8.86. The van der Waals surface area contributed by atoms with Crippen molar-refractivity contribution in [2.45, 2.75) is 43.8 Å². The maximum Gasteiger partial charge on any atom is 0.220 e. The first-order valence-electron chi connectivity index (χ1n) is 14.4. The zero-order valence-electron chi connectivity index (χ0n) is 23.4. The molecule has 3 heterocycles. The zero-order chi connectivity index (χ0) is 29.0. The molecule has 2 fully saturated rings. The fraction of sp³-hybridized carbons (Fsp3) is 0.294. The van der Waals surface area contributed by atoms with Crippen LogP contribution in [0.15, 0.2) is 66.7 Å². The standard InChI is InChI=1S/C34H32Cl2N4O2/c1-42-33-22(17-40-18-34(19-40)13-12-30(41)39-34)10-11-29(38-33)28-7-3-6-27(32(28)36)26-5-2-4-25(31(26)35)21-9-8-20-15-24(37)16-23(20)14-21/h2-11,14,24H,12-13,15-19,37H2,1H3,(H,39,41)/t24-/m0/s1. The van der Waals surface area contributed by atoms with Gasteiger partial charge in [0.25, 0.3) is 0 Å². The predicted octanol–water partition coefficient (Wildman–Crippen LogP) is 6.29. The Bertz CT molecular complexity index is 1720. The first-order chi connectivity index (χ1) is 20.3. The second kappa shape index (κ2) is 10.7. The summed E-state index contributed by atoms with van der Waals surface area (Å²) in [4.78, 5) is 18.9. The summed E-state index contributed by atoms with van der Waals surface area (Å²) in [5.41, 5.74) is 15.0. The van der Waals surface area contributed by atoms with Crippen molar-refractivity contribution in [1.29, 1.82) is 0 Å². The van der Waals surface area contributed by atoms with Gasteiger partial charge in [-0.2, -0.15) is 0 Å². The Balaban J connectivity index is 1.16. The SMILES string of the molecule is COc1nc(-c2cccc(-c3cccc(-c4ccc5c(c4)C[C@@H](N)C5)c3Cl)c2Cl)ccc1CN1CC2(CCC(=O)N2)C1. The zero-order valence-corrected chi connectivity index (χ0v) is 24.9. The van der Waals surface area contributed by atoms with E-state index < -0.39 is 0 Å². The van der Waals surface area contributed by atoms with Gasteiger partial charge in [-0.15, -0.1) is 0 Å². The van der Waals surface area contributed by atoms with Gasteiger partial charge >= 0.3 is 0 Å². The highest BCUT2D eigenvalue weighted by molar-refractivity contribution is 6.39. The first-order valence-corrected chi connectivity index (χ1v) is 15.1. The molecule has 3 N–H and O–H groups in total. The summed E-state index contributed by atoms with van der Waals surface area (Å²) >= 11 is 14.1. The normalized spacial score (nSPS) is 19.0. The minimum Gasteiger partial charge on any atom is -0.481 e. The molecule has 4 aromatic rings. The van der Waals surface area contributed by atoms with Crippen LogP contribution in [0.4, 0.5) is 0 Å². The second-order valence-electron chi connectivity index (χ2n) is 11.8. The quantitative estimate of drug-likeness (QED) is 0.273. The number of nitrogens with two attached hydrogens (primary N) is 1. The van der Waals surface area contributed by atoms with E-state index in [0.29, 0.717) is 28.9 Å². The molecular formula is C34H32Cl2N4O2. The Morgan fingerprint density at radius 2 is 1.64 bits per heavy atom. The summed E-state index contributed by atoms with van der Waals surface area (Å²) in [7, 11) is 1.64. The average molecular weight is 600 g/mol. The van der Waals surface area contributed by atoms with E-state index in [0.717, 1.165) is 71.4 Å². The fourth-order valence-corrected chi connectivity index (χ4v) is 7.47. The van der Waals surface area contributed by atoms with Crippen molar-refractivity contribution in [1.82, 2.24) is 15.2 Å². The van der Waals surface area contributed by atoms with Gasteiger partial charge in [0.2, 0.25) is 11.8 Å². The maximum absolute atomic E-state index is 11.7. The van der Waals surface area contributed by atoms with E-state index in [1.807, 2.05) is 42.5 Å². The number of methoxy groups -OCH3 is 1. The number of pyridine rings is 1. The molecule has 0 unspecified atom stereocenters. The molecule has 0 radical (unpaired) electrons. The van der Waals surface area contributed by atoms with E-state index in [2.05, 4.69) is 34.5 Å². The minimum atomic E-state index is -0.0572. The van der Waals surface area contributed by atoms with E-state index in [1.165, 1.54) is 11.1 Å². The summed E-state index contributed by atoms with van der Waals surface area (Å²) in [5, 5.41) is 4.38. The number of benzene rings is 3. The number of rotatable bonds is 6. The van der Waals surface area contributed by atoms with Crippen LogP contribution in [-0.4, -0.2) is 47.6 Å². The van der Waals surface area contributed by atoms with Crippen molar-refractivity contribution in [3.8, 4) is 39.4 Å². The van der Waals surface area contributed by atoms with Crippen molar-refractivity contribution < 1.29 is 9.53 Å². The van der Waals surface area contributed by atoms with Crippen molar-refractivity contribution in [2.75, 3.05) is 20.2 Å². The van der Waals surface area contributed by atoms with E-state index in [-0.39, 0.29) is 17.5 Å². The number of carbonyl (C=O) groups excluding carboxylic acids is 1. The van der Waals surface area contributed by atoms with Gasteiger partial charge in [-0.3, -0.25) is 9.69 Å². The number of carbonyl (C=O) groups is 1. The van der Waals surface area contributed by atoms with E-state index >= 15 is 0 Å². The number of amides is 1. The molecule has 1 amide bonds. The highest BCUT2D eigenvalue weighted by Gasteiger charge is 2.47. The van der Waals surface area contributed by atoms with Crippen LogP contribution >= 0.6 is 23.2 Å². The molecule has 1 atom stereocenters. The number of fused-ring (bicyclic) bond motifs is 1. The molecule has 1 spiro atoms. The Kier molecular flexibility index (Phi) is 6.98. The molecule has 3 aromatic carbocycles. The molecule has 2 saturated heterocycles. The van der Waals surface area contributed by atoms with Gasteiger partial charge in [0.1, 0.15) is 0 Å². The molecule has 0 bridgehead atoms. The monoisotopic (exact) mass is 598 g/mol. The Labute approximate surface area is 255 Å². The summed E-state index contributed by atoms with van der Waals surface area (Å²) in [5.74, 6) is 0.723. The van der Waals surface area contributed by atoms with Crippen LogP contribution in [0.5, 0.6) is 5.88 Å². The molecular weight excluding hydrogens is 567 g/mol. The van der Waals surface area contributed by atoms with Crippen LogP contribution in [0.3, 0.4) is 0 Å². The van der Waals surface area contributed by atoms with Gasteiger partial charge in [-0.25, -0.2) is 4.98 Å². The predicted molar refractivity (Wildman–Crippen MR) is 168 cm³/mol. The van der Waals surface area contributed by atoms with E-state index in [9.17, 15) is 4.79 Å². The number of halogens is 2. The van der Waals surface area contributed by atoms with Crippen LogP contribution in [0.1, 0.15) is 29.5 Å². The third-order valence-corrected chi connectivity index (χ3v) is 9.67. The molecule has 42 heavy (non-hydrogen) atoms.